The number of alkyl halides is 3. The summed E-state index contributed by atoms with van der Waals surface area (Å²) in [7, 11) is 1.54. The molecule has 1 fully saturated rings. The van der Waals surface area contributed by atoms with Crippen LogP contribution in [-0.4, -0.2) is 61.5 Å². The number of aromatic nitrogens is 3. The lowest BCUT2D eigenvalue weighted by Crippen LogP contribution is -2.47. The van der Waals surface area contributed by atoms with Gasteiger partial charge in [0.1, 0.15) is 24.1 Å². The van der Waals surface area contributed by atoms with Crippen LogP contribution in [0.3, 0.4) is 0 Å². The number of nitrogens with zero attached hydrogens (tertiary/aromatic N) is 5. The molecule has 4 rings (SSSR count). The average Bonchev–Trinajstić information content (AvgIpc) is 2.85. The Hall–Kier alpha value is -3.18. The predicted octanol–water partition coefficient (Wildman–Crippen LogP) is 4.70. The summed E-state index contributed by atoms with van der Waals surface area (Å²) in [5, 5.41) is -0.0473. The first-order valence-electron chi connectivity index (χ1n) is 10.7. The maximum absolute atomic E-state index is 13.7. The van der Waals surface area contributed by atoms with E-state index < -0.39 is 17.6 Å². The summed E-state index contributed by atoms with van der Waals surface area (Å²) in [6.45, 7) is 1.95. The van der Waals surface area contributed by atoms with Gasteiger partial charge in [0, 0.05) is 51.1 Å². The van der Waals surface area contributed by atoms with E-state index in [2.05, 4.69) is 15.0 Å². The molecule has 1 saturated heterocycles. The molecule has 0 saturated carbocycles. The van der Waals surface area contributed by atoms with Gasteiger partial charge in [-0.1, -0.05) is 11.6 Å². The van der Waals surface area contributed by atoms with Crippen LogP contribution in [0.2, 0.25) is 5.02 Å². The zero-order valence-corrected chi connectivity index (χ0v) is 19.5. The third kappa shape index (κ3) is 5.91. The fourth-order valence-electron chi connectivity index (χ4n) is 3.68. The van der Waals surface area contributed by atoms with Crippen molar-refractivity contribution in [3.8, 4) is 17.3 Å². The standard InChI is InChI=1S/C23H22ClF4N5O2/c1-34-11-12-35-22-30-19(15-4-5-18(25)17(24)13-15)14-20(31-22)32-7-9-33(10-8-32)21-16(23(26,27)28)3-2-6-29-21/h2-6,13-14H,7-12H2,1H3. The van der Waals surface area contributed by atoms with Crippen LogP contribution in [0.5, 0.6) is 6.01 Å². The van der Waals surface area contributed by atoms with Crippen molar-refractivity contribution in [3.05, 3.63) is 59.0 Å². The molecule has 35 heavy (non-hydrogen) atoms. The average molecular weight is 512 g/mol. The van der Waals surface area contributed by atoms with Crippen LogP contribution < -0.4 is 14.5 Å². The van der Waals surface area contributed by atoms with Crippen LogP contribution in [0.1, 0.15) is 5.56 Å². The summed E-state index contributed by atoms with van der Waals surface area (Å²) in [4.78, 5) is 16.4. The maximum Gasteiger partial charge on any atom is 0.419 e. The van der Waals surface area contributed by atoms with E-state index in [1.54, 1.807) is 17.0 Å². The SMILES string of the molecule is COCCOc1nc(-c2ccc(F)c(Cl)c2)cc(N2CCN(c3ncccc3C(F)(F)F)CC2)n1. The van der Waals surface area contributed by atoms with Crippen LogP contribution in [0.25, 0.3) is 11.3 Å². The molecule has 2 aromatic heterocycles. The minimum Gasteiger partial charge on any atom is -0.461 e. The minimum absolute atomic E-state index is 0.0473. The number of rotatable bonds is 7. The Bertz CT molecular complexity index is 1170. The zero-order chi connectivity index (χ0) is 25.0. The lowest BCUT2D eigenvalue weighted by atomic mass is 10.1. The van der Waals surface area contributed by atoms with Gasteiger partial charge in [0.2, 0.25) is 0 Å². The summed E-state index contributed by atoms with van der Waals surface area (Å²) < 4.78 is 64.5. The van der Waals surface area contributed by atoms with Crippen molar-refractivity contribution in [2.45, 2.75) is 6.18 Å². The van der Waals surface area contributed by atoms with Gasteiger partial charge in [0.05, 0.1) is 22.9 Å². The quantitative estimate of drug-likeness (QED) is 0.336. The molecular weight excluding hydrogens is 490 g/mol. The molecule has 1 aliphatic heterocycles. The lowest BCUT2D eigenvalue weighted by molar-refractivity contribution is -0.137. The lowest BCUT2D eigenvalue weighted by Gasteiger charge is -2.37. The summed E-state index contributed by atoms with van der Waals surface area (Å²) in [6.07, 6.45) is -3.14. The molecule has 3 aromatic rings. The fourth-order valence-corrected chi connectivity index (χ4v) is 3.86. The van der Waals surface area contributed by atoms with E-state index in [-0.39, 0.29) is 23.5 Å². The molecule has 1 aromatic carbocycles. The number of benzene rings is 1. The van der Waals surface area contributed by atoms with E-state index in [1.807, 2.05) is 4.90 Å². The first-order chi connectivity index (χ1) is 16.8. The van der Waals surface area contributed by atoms with Gasteiger partial charge < -0.3 is 19.3 Å². The van der Waals surface area contributed by atoms with Crippen molar-refractivity contribution < 1.29 is 27.0 Å². The Morgan fingerprint density at radius 1 is 1.00 bits per heavy atom. The first-order valence-corrected chi connectivity index (χ1v) is 11.1. The number of piperazine rings is 1. The van der Waals surface area contributed by atoms with Gasteiger partial charge in [0.15, 0.2) is 0 Å². The second-order valence-electron chi connectivity index (χ2n) is 7.71. The van der Waals surface area contributed by atoms with Gasteiger partial charge in [-0.15, -0.1) is 0 Å². The Morgan fingerprint density at radius 3 is 2.43 bits per heavy atom. The van der Waals surface area contributed by atoms with Gasteiger partial charge in [-0.2, -0.15) is 23.1 Å². The molecule has 0 aliphatic carbocycles. The van der Waals surface area contributed by atoms with Crippen molar-refractivity contribution in [2.75, 3.05) is 56.3 Å². The summed E-state index contributed by atoms with van der Waals surface area (Å²) in [5.74, 6) is -0.114. The molecule has 0 spiro atoms. The van der Waals surface area contributed by atoms with E-state index in [0.717, 1.165) is 6.07 Å². The number of anilines is 2. The van der Waals surface area contributed by atoms with Crippen LogP contribution >= 0.6 is 11.6 Å². The molecule has 1 aliphatic rings. The Morgan fingerprint density at radius 2 is 1.74 bits per heavy atom. The fraction of sp³-hybridized carbons (Fsp3) is 0.348. The van der Waals surface area contributed by atoms with E-state index in [0.29, 0.717) is 49.9 Å². The molecule has 7 nitrogen and oxygen atoms in total. The molecule has 0 N–H and O–H groups in total. The number of halogens is 5. The summed E-state index contributed by atoms with van der Waals surface area (Å²) in [6, 6.07) is 8.37. The van der Waals surface area contributed by atoms with Crippen molar-refractivity contribution in [1.82, 2.24) is 15.0 Å². The minimum atomic E-state index is -4.49. The second-order valence-corrected chi connectivity index (χ2v) is 8.12. The van der Waals surface area contributed by atoms with E-state index in [9.17, 15) is 17.6 Å². The largest absolute Gasteiger partial charge is 0.461 e. The van der Waals surface area contributed by atoms with Gasteiger partial charge in [-0.05, 0) is 30.3 Å². The third-order valence-electron chi connectivity index (χ3n) is 5.42. The van der Waals surface area contributed by atoms with Crippen LogP contribution in [0.15, 0.2) is 42.6 Å². The van der Waals surface area contributed by atoms with E-state index >= 15 is 0 Å². The smallest absolute Gasteiger partial charge is 0.419 e. The monoisotopic (exact) mass is 511 g/mol. The molecule has 12 heteroatoms. The molecule has 3 heterocycles. The maximum atomic E-state index is 13.7. The molecule has 0 amide bonds. The number of ether oxygens (including phenoxy) is 2. The number of hydrogen-bond donors (Lipinski definition) is 0. The number of pyridine rings is 1. The highest BCUT2D eigenvalue weighted by Crippen LogP contribution is 2.36. The van der Waals surface area contributed by atoms with Crippen molar-refractivity contribution >= 4 is 23.2 Å². The predicted molar refractivity (Wildman–Crippen MR) is 123 cm³/mol. The van der Waals surface area contributed by atoms with Crippen molar-refractivity contribution in [2.24, 2.45) is 0 Å². The number of methoxy groups -OCH3 is 1. The van der Waals surface area contributed by atoms with E-state index in [4.69, 9.17) is 21.1 Å². The van der Waals surface area contributed by atoms with Crippen LogP contribution in [0, 0.1) is 5.82 Å². The molecule has 0 unspecified atom stereocenters. The molecule has 0 radical (unpaired) electrons. The van der Waals surface area contributed by atoms with Crippen molar-refractivity contribution in [3.63, 3.8) is 0 Å². The molecular formula is C23H22ClF4N5O2. The Labute approximate surface area is 204 Å². The molecule has 0 bridgehead atoms. The van der Waals surface area contributed by atoms with Crippen molar-refractivity contribution in [1.29, 1.82) is 0 Å². The topological polar surface area (TPSA) is 63.6 Å². The third-order valence-corrected chi connectivity index (χ3v) is 5.71. The second kappa shape index (κ2) is 10.6. The highest BCUT2D eigenvalue weighted by atomic mass is 35.5. The highest BCUT2D eigenvalue weighted by molar-refractivity contribution is 6.31. The van der Waals surface area contributed by atoms with Gasteiger partial charge in [0.25, 0.3) is 0 Å². The van der Waals surface area contributed by atoms with Gasteiger partial charge in [-0.25, -0.2) is 9.37 Å². The summed E-state index contributed by atoms with van der Waals surface area (Å²) in [5.41, 5.74) is 0.272. The summed E-state index contributed by atoms with van der Waals surface area (Å²) >= 11 is 5.95. The molecule has 0 atom stereocenters. The normalized spacial score (nSPS) is 14.3. The molecule has 186 valence electrons. The zero-order valence-electron chi connectivity index (χ0n) is 18.7. The highest BCUT2D eigenvalue weighted by Gasteiger charge is 2.36. The van der Waals surface area contributed by atoms with Crippen LogP contribution in [-0.2, 0) is 10.9 Å². The Balaban J connectivity index is 1.58. The van der Waals surface area contributed by atoms with Gasteiger partial charge in [-0.3, -0.25) is 0 Å². The number of hydrogen-bond acceptors (Lipinski definition) is 7. The van der Waals surface area contributed by atoms with Gasteiger partial charge >= 0.3 is 12.2 Å². The van der Waals surface area contributed by atoms with E-state index in [1.165, 1.54) is 31.5 Å². The first kappa shape index (κ1) is 24.9. The van der Waals surface area contributed by atoms with Crippen LogP contribution in [0.4, 0.5) is 29.2 Å². The Kier molecular flexibility index (Phi) is 7.56.